The van der Waals surface area contributed by atoms with Crippen molar-refractivity contribution < 1.29 is 0 Å². The van der Waals surface area contributed by atoms with Crippen LogP contribution >= 0.6 is 11.6 Å². The molecule has 0 radical (unpaired) electrons. The Morgan fingerprint density at radius 1 is 1.41 bits per heavy atom. The van der Waals surface area contributed by atoms with E-state index in [0.29, 0.717) is 6.04 Å². The fourth-order valence-electron chi connectivity index (χ4n) is 2.17. The molecule has 2 nitrogen and oxygen atoms in total. The van der Waals surface area contributed by atoms with Gasteiger partial charge in [-0.2, -0.15) is 5.26 Å². The van der Waals surface area contributed by atoms with Gasteiger partial charge in [0.15, 0.2) is 0 Å². The van der Waals surface area contributed by atoms with Crippen molar-refractivity contribution in [1.29, 1.82) is 5.26 Å². The molecular weight excluding hydrogens is 232 g/mol. The van der Waals surface area contributed by atoms with Crippen LogP contribution in [0.25, 0.3) is 0 Å². The van der Waals surface area contributed by atoms with Crippen LogP contribution in [0.15, 0.2) is 18.2 Å². The second-order valence-electron chi connectivity index (χ2n) is 5.39. The Balaban J connectivity index is 1.95. The molecular formula is C14H17ClN2. The molecule has 1 N–H and O–H groups in total. The highest BCUT2D eigenvalue weighted by molar-refractivity contribution is 6.30. The number of halogens is 1. The van der Waals surface area contributed by atoms with E-state index in [1.54, 1.807) is 0 Å². The van der Waals surface area contributed by atoms with E-state index in [2.05, 4.69) is 17.5 Å². The highest BCUT2D eigenvalue weighted by Crippen LogP contribution is 2.25. The van der Waals surface area contributed by atoms with E-state index >= 15 is 0 Å². The first-order chi connectivity index (χ1) is 8.00. The van der Waals surface area contributed by atoms with Gasteiger partial charge in [-0.25, -0.2) is 0 Å². The van der Waals surface area contributed by atoms with E-state index in [1.165, 1.54) is 11.1 Å². The number of hydrogen-bond donors (Lipinski definition) is 1. The van der Waals surface area contributed by atoms with E-state index in [1.807, 2.05) is 26.0 Å². The van der Waals surface area contributed by atoms with Crippen molar-refractivity contribution in [2.45, 2.75) is 32.7 Å². The third-order valence-corrected chi connectivity index (χ3v) is 3.47. The zero-order valence-electron chi connectivity index (χ0n) is 10.3. The van der Waals surface area contributed by atoms with E-state index in [9.17, 15) is 0 Å². The van der Waals surface area contributed by atoms with Crippen LogP contribution in [0.3, 0.4) is 0 Å². The Kier molecular flexibility index (Phi) is 3.42. The molecule has 1 atom stereocenters. The van der Waals surface area contributed by atoms with Crippen LogP contribution in [-0.4, -0.2) is 12.6 Å². The molecule has 1 unspecified atom stereocenters. The Morgan fingerprint density at radius 3 is 2.82 bits per heavy atom. The number of rotatable bonds is 3. The molecule has 1 aliphatic carbocycles. The van der Waals surface area contributed by atoms with Crippen molar-refractivity contribution in [2.24, 2.45) is 5.41 Å². The van der Waals surface area contributed by atoms with Gasteiger partial charge in [0.1, 0.15) is 0 Å². The maximum Gasteiger partial charge on any atom is 0.0697 e. The first-order valence-corrected chi connectivity index (χ1v) is 6.30. The second-order valence-corrected chi connectivity index (χ2v) is 5.83. The van der Waals surface area contributed by atoms with Crippen LogP contribution in [0.2, 0.25) is 5.02 Å². The fraction of sp³-hybridized carbons (Fsp3) is 0.500. The summed E-state index contributed by atoms with van der Waals surface area (Å²) in [6.07, 6.45) is 2.05. The first kappa shape index (κ1) is 12.4. The highest BCUT2D eigenvalue weighted by atomic mass is 35.5. The molecule has 0 bridgehead atoms. The normalized spacial score (nSPS) is 18.8. The number of hydrogen-bond acceptors (Lipinski definition) is 2. The number of benzene rings is 1. The average Bonchev–Trinajstić information content (AvgIpc) is 2.68. The van der Waals surface area contributed by atoms with E-state index < -0.39 is 0 Å². The monoisotopic (exact) mass is 248 g/mol. The van der Waals surface area contributed by atoms with Gasteiger partial charge in [0, 0.05) is 17.6 Å². The Labute approximate surface area is 108 Å². The lowest BCUT2D eigenvalue weighted by molar-refractivity contribution is 0.404. The van der Waals surface area contributed by atoms with Gasteiger partial charge in [0.05, 0.1) is 11.5 Å². The fourth-order valence-corrected chi connectivity index (χ4v) is 2.36. The first-order valence-electron chi connectivity index (χ1n) is 5.92. The third kappa shape index (κ3) is 3.00. The second kappa shape index (κ2) is 4.68. The van der Waals surface area contributed by atoms with Crippen LogP contribution in [0, 0.1) is 16.7 Å². The molecule has 0 saturated heterocycles. The summed E-state index contributed by atoms with van der Waals surface area (Å²) in [6.45, 7) is 4.65. The summed E-state index contributed by atoms with van der Waals surface area (Å²) in [5, 5.41) is 13.3. The summed E-state index contributed by atoms with van der Waals surface area (Å²) in [5.74, 6) is 0. The molecule has 90 valence electrons. The van der Waals surface area contributed by atoms with Crippen molar-refractivity contribution in [3.63, 3.8) is 0 Å². The number of nitriles is 1. The molecule has 1 aromatic carbocycles. The Morgan fingerprint density at radius 2 is 2.12 bits per heavy atom. The SMILES string of the molecule is CC(C)(C#N)CNC1Cc2ccc(Cl)cc2C1. The van der Waals surface area contributed by atoms with Gasteiger partial charge in [0.25, 0.3) is 0 Å². The van der Waals surface area contributed by atoms with Crippen LogP contribution in [-0.2, 0) is 12.8 Å². The zero-order valence-corrected chi connectivity index (χ0v) is 11.0. The van der Waals surface area contributed by atoms with Crippen LogP contribution in [0.5, 0.6) is 0 Å². The van der Waals surface area contributed by atoms with Crippen LogP contribution < -0.4 is 5.32 Å². The summed E-state index contributed by atoms with van der Waals surface area (Å²) in [5.41, 5.74) is 2.42. The third-order valence-electron chi connectivity index (χ3n) is 3.24. The minimum atomic E-state index is -0.299. The van der Waals surface area contributed by atoms with Crippen molar-refractivity contribution in [2.75, 3.05) is 6.54 Å². The lowest BCUT2D eigenvalue weighted by Crippen LogP contribution is -2.36. The minimum absolute atomic E-state index is 0.299. The highest BCUT2D eigenvalue weighted by Gasteiger charge is 2.24. The largest absolute Gasteiger partial charge is 0.312 e. The van der Waals surface area contributed by atoms with E-state index in [0.717, 1.165) is 24.4 Å². The molecule has 0 heterocycles. The molecule has 0 amide bonds. The molecule has 0 fully saturated rings. The average molecular weight is 249 g/mol. The van der Waals surface area contributed by atoms with Gasteiger partial charge < -0.3 is 5.32 Å². The van der Waals surface area contributed by atoms with Crippen LogP contribution in [0.4, 0.5) is 0 Å². The van der Waals surface area contributed by atoms with Gasteiger partial charge in [-0.3, -0.25) is 0 Å². The molecule has 0 saturated carbocycles. The maximum atomic E-state index is 8.97. The summed E-state index contributed by atoms with van der Waals surface area (Å²) < 4.78 is 0. The predicted octanol–water partition coefficient (Wildman–Crippen LogP) is 2.95. The molecule has 3 heteroatoms. The smallest absolute Gasteiger partial charge is 0.0697 e. The quantitative estimate of drug-likeness (QED) is 0.893. The predicted molar refractivity (Wildman–Crippen MR) is 70.0 cm³/mol. The molecule has 0 aromatic heterocycles. The summed E-state index contributed by atoms with van der Waals surface area (Å²) in [4.78, 5) is 0. The Bertz CT molecular complexity index is 460. The molecule has 0 aliphatic heterocycles. The van der Waals surface area contributed by atoms with E-state index in [4.69, 9.17) is 16.9 Å². The van der Waals surface area contributed by atoms with Gasteiger partial charge in [0.2, 0.25) is 0 Å². The zero-order chi connectivity index (χ0) is 12.5. The lowest BCUT2D eigenvalue weighted by atomic mass is 9.95. The number of nitrogens with one attached hydrogen (secondary N) is 1. The van der Waals surface area contributed by atoms with Crippen molar-refractivity contribution in [3.8, 4) is 6.07 Å². The lowest BCUT2D eigenvalue weighted by Gasteiger charge is -2.19. The van der Waals surface area contributed by atoms with Gasteiger partial charge in [-0.1, -0.05) is 17.7 Å². The summed E-state index contributed by atoms with van der Waals surface area (Å²) >= 11 is 5.98. The molecule has 2 rings (SSSR count). The number of fused-ring (bicyclic) bond motifs is 1. The van der Waals surface area contributed by atoms with Crippen LogP contribution in [0.1, 0.15) is 25.0 Å². The van der Waals surface area contributed by atoms with Gasteiger partial charge in [-0.05, 0) is 49.9 Å². The summed E-state index contributed by atoms with van der Waals surface area (Å²) in [6, 6.07) is 8.85. The molecule has 1 aromatic rings. The molecule has 1 aliphatic rings. The maximum absolute atomic E-state index is 8.97. The van der Waals surface area contributed by atoms with Gasteiger partial charge >= 0.3 is 0 Å². The number of nitrogens with zero attached hydrogens (tertiary/aromatic N) is 1. The summed E-state index contributed by atoms with van der Waals surface area (Å²) in [7, 11) is 0. The standard InChI is InChI=1S/C14H17ClN2/c1-14(2,8-16)9-17-13-6-10-3-4-12(15)5-11(10)7-13/h3-5,13,17H,6-7,9H2,1-2H3. The molecule has 0 spiro atoms. The minimum Gasteiger partial charge on any atom is -0.312 e. The Hall–Kier alpha value is -1.04. The molecule has 17 heavy (non-hydrogen) atoms. The van der Waals surface area contributed by atoms with Crippen molar-refractivity contribution >= 4 is 11.6 Å². The van der Waals surface area contributed by atoms with Crippen molar-refractivity contribution in [1.82, 2.24) is 5.32 Å². The van der Waals surface area contributed by atoms with Crippen molar-refractivity contribution in [3.05, 3.63) is 34.3 Å². The van der Waals surface area contributed by atoms with Gasteiger partial charge in [-0.15, -0.1) is 0 Å². The topological polar surface area (TPSA) is 35.8 Å². The van der Waals surface area contributed by atoms with E-state index in [-0.39, 0.29) is 5.41 Å².